The van der Waals surface area contributed by atoms with E-state index in [9.17, 15) is 9.90 Å². The van der Waals surface area contributed by atoms with Gasteiger partial charge >= 0.3 is 0 Å². The summed E-state index contributed by atoms with van der Waals surface area (Å²) in [4.78, 5) is 12.0. The Kier molecular flexibility index (Phi) is 6.38. The molecule has 1 amide bonds. The van der Waals surface area contributed by atoms with Gasteiger partial charge in [0.05, 0.1) is 13.0 Å². The van der Waals surface area contributed by atoms with E-state index in [1.807, 2.05) is 25.3 Å². The van der Waals surface area contributed by atoms with E-state index in [4.69, 9.17) is 0 Å². The number of hydrogen-bond acceptors (Lipinski definition) is 3. The zero-order chi connectivity index (χ0) is 14.4. The fourth-order valence-electron chi connectivity index (χ4n) is 1.93. The zero-order valence-corrected chi connectivity index (χ0v) is 12.9. The van der Waals surface area contributed by atoms with Gasteiger partial charge in [-0.15, -0.1) is 0 Å². The lowest BCUT2D eigenvalue weighted by molar-refractivity contribution is -0.121. The molecule has 0 fully saturated rings. The molecule has 0 aliphatic carbocycles. The lowest BCUT2D eigenvalue weighted by Gasteiger charge is -2.21. The second kappa shape index (κ2) is 7.56. The maximum absolute atomic E-state index is 12.0. The molecule has 0 aliphatic heterocycles. The average Bonchev–Trinajstić information content (AvgIpc) is 2.35. The molecule has 0 spiro atoms. The number of thioether (sulfide) groups is 1. The molecule has 0 aromatic heterocycles. The molecule has 1 rings (SSSR count). The molecule has 0 aliphatic rings. The number of aliphatic hydroxyl groups excluding tert-OH is 1. The van der Waals surface area contributed by atoms with Crippen molar-refractivity contribution in [3.8, 4) is 0 Å². The van der Waals surface area contributed by atoms with Crippen molar-refractivity contribution in [3.05, 3.63) is 34.9 Å². The van der Waals surface area contributed by atoms with Gasteiger partial charge in [-0.1, -0.05) is 18.2 Å². The van der Waals surface area contributed by atoms with Crippen molar-refractivity contribution >= 4 is 17.7 Å². The summed E-state index contributed by atoms with van der Waals surface area (Å²) in [5.74, 6) is 0.00301. The van der Waals surface area contributed by atoms with Crippen LogP contribution < -0.4 is 5.32 Å². The molecule has 3 nitrogen and oxygen atoms in total. The van der Waals surface area contributed by atoms with E-state index < -0.39 is 0 Å². The van der Waals surface area contributed by atoms with Crippen molar-refractivity contribution in [2.45, 2.75) is 38.5 Å². The number of carbonyl (C=O) groups excluding carboxylic acids is 1. The number of rotatable bonds is 6. The maximum atomic E-state index is 12.0. The third-order valence-corrected chi connectivity index (χ3v) is 4.53. The normalized spacial score (nSPS) is 13.9. The second-order valence-electron chi connectivity index (χ2n) is 4.91. The van der Waals surface area contributed by atoms with E-state index in [0.29, 0.717) is 6.42 Å². The van der Waals surface area contributed by atoms with Crippen LogP contribution >= 0.6 is 11.8 Å². The Hall–Kier alpha value is -1.00. The molecule has 2 N–H and O–H groups in total. The summed E-state index contributed by atoms with van der Waals surface area (Å²) in [5.41, 5.74) is 3.47. The number of aliphatic hydroxyl groups is 1. The Morgan fingerprint density at radius 3 is 2.58 bits per heavy atom. The smallest absolute Gasteiger partial charge is 0.224 e. The highest BCUT2D eigenvalue weighted by molar-refractivity contribution is 7.99. The molecule has 1 aromatic carbocycles. The maximum Gasteiger partial charge on any atom is 0.224 e. The average molecular weight is 281 g/mol. The summed E-state index contributed by atoms with van der Waals surface area (Å²) in [6.45, 7) is 6.11. The Balaban J connectivity index is 2.57. The van der Waals surface area contributed by atoms with Gasteiger partial charge in [0.25, 0.3) is 0 Å². The first-order valence-electron chi connectivity index (χ1n) is 6.47. The van der Waals surface area contributed by atoms with E-state index in [2.05, 4.69) is 25.2 Å². The first-order valence-corrected chi connectivity index (χ1v) is 7.75. The molecule has 2 atom stereocenters. The van der Waals surface area contributed by atoms with Crippen LogP contribution in [0.15, 0.2) is 18.2 Å². The first-order chi connectivity index (χ1) is 8.97. The quantitative estimate of drug-likeness (QED) is 0.839. The van der Waals surface area contributed by atoms with E-state index in [-0.39, 0.29) is 23.8 Å². The van der Waals surface area contributed by atoms with Crippen molar-refractivity contribution < 1.29 is 9.90 Å². The van der Waals surface area contributed by atoms with Crippen molar-refractivity contribution in [1.29, 1.82) is 0 Å². The molecule has 0 saturated heterocycles. The van der Waals surface area contributed by atoms with Gasteiger partial charge < -0.3 is 10.4 Å². The number of benzene rings is 1. The summed E-state index contributed by atoms with van der Waals surface area (Å²) in [7, 11) is 0. The fraction of sp³-hybridized carbons (Fsp3) is 0.533. The largest absolute Gasteiger partial charge is 0.395 e. The minimum atomic E-state index is -0.0287. The molecular weight excluding hydrogens is 258 g/mol. The van der Waals surface area contributed by atoms with Crippen molar-refractivity contribution in [2.24, 2.45) is 0 Å². The second-order valence-corrected chi connectivity index (χ2v) is 5.99. The first kappa shape index (κ1) is 16.1. The number of amides is 1. The van der Waals surface area contributed by atoms with Crippen LogP contribution in [0.25, 0.3) is 0 Å². The van der Waals surface area contributed by atoms with Crippen LogP contribution in [0.2, 0.25) is 0 Å². The van der Waals surface area contributed by atoms with Gasteiger partial charge in [0.1, 0.15) is 0 Å². The summed E-state index contributed by atoms with van der Waals surface area (Å²) in [5, 5.41) is 12.2. The lowest BCUT2D eigenvalue weighted by atomic mass is 10.0. The number of hydrogen-bond donors (Lipinski definition) is 2. The number of aryl methyl sites for hydroxylation is 2. The van der Waals surface area contributed by atoms with E-state index >= 15 is 0 Å². The summed E-state index contributed by atoms with van der Waals surface area (Å²) in [6, 6.07) is 6.06. The predicted octanol–water partition coefficient (Wildman–Crippen LogP) is 2.07. The molecule has 0 radical (unpaired) electrons. The molecule has 0 heterocycles. The predicted molar refractivity (Wildman–Crippen MR) is 81.6 cm³/mol. The van der Waals surface area contributed by atoms with Crippen LogP contribution in [-0.2, 0) is 11.2 Å². The van der Waals surface area contributed by atoms with Gasteiger partial charge in [-0.3, -0.25) is 4.79 Å². The molecule has 1 aromatic rings. The Morgan fingerprint density at radius 1 is 1.37 bits per heavy atom. The standard InChI is InChI=1S/C15H23NO2S/c1-10-5-6-13(7-11(10)2)8-15(18)16-12(3)14(9-17)19-4/h5-7,12,14,17H,8-9H2,1-4H3,(H,16,18). The van der Waals surface area contributed by atoms with E-state index in [1.165, 1.54) is 11.1 Å². The Bertz CT molecular complexity index is 430. The topological polar surface area (TPSA) is 49.3 Å². The molecule has 2 unspecified atom stereocenters. The highest BCUT2D eigenvalue weighted by Crippen LogP contribution is 2.12. The van der Waals surface area contributed by atoms with Gasteiger partial charge in [-0.25, -0.2) is 0 Å². The molecule has 0 saturated carbocycles. The van der Waals surface area contributed by atoms with Crippen molar-refractivity contribution in [1.82, 2.24) is 5.32 Å². The van der Waals surface area contributed by atoms with Crippen LogP contribution in [0.3, 0.4) is 0 Å². The number of nitrogens with one attached hydrogen (secondary N) is 1. The summed E-state index contributed by atoms with van der Waals surface area (Å²) in [6.07, 6.45) is 2.32. The van der Waals surface area contributed by atoms with Crippen molar-refractivity contribution in [2.75, 3.05) is 12.9 Å². The Labute approximate surface area is 119 Å². The molecule has 0 bridgehead atoms. The van der Waals surface area contributed by atoms with Gasteiger partial charge in [-0.2, -0.15) is 11.8 Å². The molecule has 4 heteroatoms. The number of carbonyl (C=O) groups is 1. The van der Waals surface area contributed by atoms with E-state index in [0.717, 1.165) is 5.56 Å². The van der Waals surface area contributed by atoms with Gasteiger partial charge in [0.15, 0.2) is 0 Å². The van der Waals surface area contributed by atoms with Crippen molar-refractivity contribution in [3.63, 3.8) is 0 Å². The van der Waals surface area contributed by atoms with Gasteiger partial charge in [0.2, 0.25) is 5.91 Å². The monoisotopic (exact) mass is 281 g/mol. The van der Waals surface area contributed by atoms with Gasteiger partial charge in [-0.05, 0) is 43.7 Å². The van der Waals surface area contributed by atoms with Crippen LogP contribution in [0.1, 0.15) is 23.6 Å². The van der Waals surface area contributed by atoms with Gasteiger partial charge in [0, 0.05) is 11.3 Å². The van der Waals surface area contributed by atoms with Crippen LogP contribution in [0.5, 0.6) is 0 Å². The highest BCUT2D eigenvalue weighted by atomic mass is 32.2. The minimum absolute atomic E-state index is 0.00301. The fourth-order valence-corrected chi connectivity index (χ4v) is 2.56. The zero-order valence-electron chi connectivity index (χ0n) is 12.1. The van der Waals surface area contributed by atoms with Crippen LogP contribution in [0, 0.1) is 13.8 Å². The molecular formula is C15H23NO2S. The Morgan fingerprint density at radius 2 is 2.05 bits per heavy atom. The van der Waals surface area contributed by atoms with Crippen LogP contribution in [-0.4, -0.2) is 35.2 Å². The van der Waals surface area contributed by atoms with Crippen LogP contribution in [0.4, 0.5) is 0 Å². The third kappa shape index (κ3) is 4.88. The lowest BCUT2D eigenvalue weighted by Crippen LogP contribution is -2.41. The summed E-state index contributed by atoms with van der Waals surface area (Å²) < 4.78 is 0. The minimum Gasteiger partial charge on any atom is -0.395 e. The third-order valence-electron chi connectivity index (χ3n) is 3.37. The molecule has 106 valence electrons. The SMILES string of the molecule is CSC(CO)C(C)NC(=O)Cc1ccc(C)c(C)c1. The highest BCUT2D eigenvalue weighted by Gasteiger charge is 2.17. The van der Waals surface area contributed by atoms with E-state index in [1.54, 1.807) is 11.8 Å². The summed E-state index contributed by atoms with van der Waals surface area (Å²) >= 11 is 1.57. The molecule has 19 heavy (non-hydrogen) atoms.